The molecule has 6 nitrogen and oxygen atoms in total. The van der Waals surface area contributed by atoms with E-state index in [-0.39, 0.29) is 5.91 Å². The number of rotatable bonds is 3. The highest BCUT2D eigenvalue weighted by molar-refractivity contribution is 7.85. The molecule has 1 aliphatic rings. The van der Waals surface area contributed by atoms with Crippen molar-refractivity contribution in [2.24, 2.45) is 0 Å². The van der Waals surface area contributed by atoms with E-state index in [4.69, 9.17) is 0 Å². The van der Waals surface area contributed by atoms with Gasteiger partial charge in [0.15, 0.2) is 5.69 Å². The summed E-state index contributed by atoms with van der Waals surface area (Å²) in [6, 6.07) is 3.67. The Bertz CT molecular complexity index is 439. The molecule has 18 heavy (non-hydrogen) atoms. The summed E-state index contributed by atoms with van der Waals surface area (Å²) in [4.78, 5) is 11.3. The van der Waals surface area contributed by atoms with Gasteiger partial charge in [-0.05, 0) is 25.0 Å². The minimum Gasteiger partial charge on any atom is -0.366 e. The monoisotopic (exact) mass is 268 g/mol. The van der Waals surface area contributed by atoms with Gasteiger partial charge in [-0.1, -0.05) is 0 Å². The first-order chi connectivity index (χ1) is 8.69. The van der Waals surface area contributed by atoms with Crippen LogP contribution in [0.5, 0.6) is 0 Å². The van der Waals surface area contributed by atoms with Gasteiger partial charge in [-0.2, -0.15) is 0 Å². The number of hydrogen-bond acceptors (Lipinski definition) is 5. The Balaban J connectivity index is 1.94. The average molecular weight is 268 g/mol. The SMILES string of the molecule is CNC(=O)c1ccc(NC2CCS(=O)CC2)nn1. The molecule has 0 radical (unpaired) electrons. The van der Waals surface area contributed by atoms with Crippen LogP contribution in [0.3, 0.4) is 0 Å². The van der Waals surface area contributed by atoms with Crippen LogP contribution in [0.25, 0.3) is 0 Å². The second-order valence-electron chi connectivity index (χ2n) is 4.15. The maximum absolute atomic E-state index is 11.3. The molecule has 0 unspecified atom stereocenters. The second-order valence-corrected chi connectivity index (χ2v) is 5.85. The Morgan fingerprint density at radius 2 is 2.06 bits per heavy atom. The van der Waals surface area contributed by atoms with Crippen molar-refractivity contribution in [1.82, 2.24) is 15.5 Å². The number of nitrogens with one attached hydrogen (secondary N) is 2. The summed E-state index contributed by atoms with van der Waals surface area (Å²) in [5.41, 5.74) is 0.299. The number of nitrogens with zero attached hydrogens (tertiary/aromatic N) is 2. The van der Waals surface area contributed by atoms with E-state index in [1.807, 2.05) is 0 Å². The maximum atomic E-state index is 11.3. The van der Waals surface area contributed by atoms with Crippen LogP contribution in [0.2, 0.25) is 0 Å². The Kier molecular flexibility index (Phi) is 4.24. The van der Waals surface area contributed by atoms with Gasteiger partial charge in [-0.3, -0.25) is 9.00 Å². The molecule has 0 spiro atoms. The highest BCUT2D eigenvalue weighted by atomic mass is 32.2. The predicted octanol–water partition coefficient (Wildman–Crippen LogP) is 0.159. The van der Waals surface area contributed by atoms with E-state index < -0.39 is 10.8 Å². The lowest BCUT2D eigenvalue weighted by atomic mass is 10.1. The summed E-state index contributed by atoms with van der Waals surface area (Å²) in [5.74, 6) is 1.88. The summed E-state index contributed by atoms with van der Waals surface area (Å²) in [7, 11) is 0.895. The molecule has 0 saturated carbocycles. The predicted molar refractivity (Wildman–Crippen MR) is 69.9 cm³/mol. The van der Waals surface area contributed by atoms with E-state index in [1.54, 1.807) is 19.2 Å². The fraction of sp³-hybridized carbons (Fsp3) is 0.545. The lowest BCUT2D eigenvalue weighted by molar-refractivity contribution is 0.0957. The van der Waals surface area contributed by atoms with Gasteiger partial charge in [0.2, 0.25) is 0 Å². The molecular formula is C11H16N4O2S. The highest BCUT2D eigenvalue weighted by Crippen LogP contribution is 2.14. The zero-order valence-electron chi connectivity index (χ0n) is 10.2. The second kappa shape index (κ2) is 5.90. The van der Waals surface area contributed by atoms with Crippen LogP contribution in [-0.2, 0) is 10.8 Å². The van der Waals surface area contributed by atoms with Crippen molar-refractivity contribution >= 4 is 22.5 Å². The third kappa shape index (κ3) is 3.25. The molecule has 2 rings (SSSR count). The highest BCUT2D eigenvalue weighted by Gasteiger charge is 2.18. The molecule has 0 aromatic carbocycles. The molecular weight excluding hydrogens is 252 g/mol. The van der Waals surface area contributed by atoms with Gasteiger partial charge in [0.1, 0.15) is 5.82 Å². The van der Waals surface area contributed by atoms with Gasteiger partial charge in [-0.15, -0.1) is 10.2 Å². The Morgan fingerprint density at radius 3 is 2.61 bits per heavy atom. The van der Waals surface area contributed by atoms with Crippen LogP contribution in [-0.4, -0.2) is 44.9 Å². The smallest absolute Gasteiger partial charge is 0.271 e. The maximum Gasteiger partial charge on any atom is 0.271 e. The van der Waals surface area contributed by atoms with Crippen molar-refractivity contribution in [3.8, 4) is 0 Å². The summed E-state index contributed by atoms with van der Waals surface area (Å²) in [6.07, 6.45) is 1.76. The molecule has 0 aliphatic carbocycles. The molecule has 2 heterocycles. The number of carbonyl (C=O) groups is 1. The fourth-order valence-corrected chi connectivity index (χ4v) is 3.10. The average Bonchev–Trinajstić information content (AvgIpc) is 2.41. The summed E-state index contributed by atoms with van der Waals surface area (Å²) in [6.45, 7) is 0. The number of aromatic nitrogens is 2. The van der Waals surface area contributed by atoms with Crippen molar-refractivity contribution in [2.75, 3.05) is 23.9 Å². The van der Waals surface area contributed by atoms with Crippen molar-refractivity contribution < 1.29 is 9.00 Å². The standard InChI is InChI=1S/C11H16N4O2S/c1-12-11(16)9-2-3-10(15-14-9)13-8-4-6-18(17)7-5-8/h2-3,8H,4-7H2,1H3,(H,12,16)(H,13,15). The molecule has 0 atom stereocenters. The van der Waals surface area contributed by atoms with E-state index in [1.165, 1.54) is 0 Å². The lowest BCUT2D eigenvalue weighted by Crippen LogP contribution is -2.30. The Morgan fingerprint density at radius 1 is 1.33 bits per heavy atom. The van der Waals surface area contributed by atoms with E-state index in [0.717, 1.165) is 24.3 Å². The zero-order chi connectivity index (χ0) is 13.0. The van der Waals surface area contributed by atoms with Crippen molar-refractivity contribution in [1.29, 1.82) is 0 Å². The number of amides is 1. The van der Waals surface area contributed by atoms with Crippen LogP contribution in [0.15, 0.2) is 12.1 Å². The molecule has 1 fully saturated rings. The van der Waals surface area contributed by atoms with E-state index in [9.17, 15) is 9.00 Å². The minimum atomic E-state index is -0.659. The van der Waals surface area contributed by atoms with E-state index in [0.29, 0.717) is 17.6 Å². The van der Waals surface area contributed by atoms with Crippen molar-refractivity contribution in [3.63, 3.8) is 0 Å². The van der Waals surface area contributed by atoms with Gasteiger partial charge >= 0.3 is 0 Å². The van der Waals surface area contributed by atoms with E-state index in [2.05, 4.69) is 20.8 Å². The van der Waals surface area contributed by atoms with Gasteiger partial charge in [0.25, 0.3) is 5.91 Å². The number of anilines is 1. The van der Waals surface area contributed by atoms with Crippen LogP contribution < -0.4 is 10.6 Å². The molecule has 1 aromatic heterocycles. The van der Waals surface area contributed by atoms with Crippen LogP contribution >= 0.6 is 0 Å². The molecule has 1 aromatic rings. The van der Waals surface area contributed by atoms with Gasteiger partial charge in [-0.25, -0.2) is 0 Å². The largest absolute Gasteiger partial charge is 0.366 e. The number of carbonyl (C=O) groups excluding carboxylic acids is 1. The van der Waals surface area contributed by atoms with E-state index >= 15 is 0 Å². The van der Waals surface area contributed by atoms with Gasteiger partial charge in [0.05, 0.1) is 0 Å². The van der Waals surface area contributed by atoms with Crippen LogP contribution in [0.4, 0.5) is 5.82 Å². The summed E-state index contributed by atoms with van der Waals surface area (Å²) >= 11 is 0. The third-order valence-electron chi connectivity index (χ3n) is 2.86. The minimum absolute atomic E-state index is 0.248. The van der Waals surface area contributed by atoms with Crippen molar-refractivity contribution in [2.45, 2.75) is 18.9 Å². The first-order valence-corrected chi connectivity index (χ1v) is 7.35. The molecule has 98 valence electrons. The van der Waals surface area contributed by atoms with Gasteiger partial charge in [0, 0.05) is 35.4 Å². The Hall–Kier alpha value is -1.50. The first kappa shape index (κ1) is 12.9. The quantitative estimate of drug-likeness (QED) is 0.816. The molecule has 7 heteroatoms. The summed E-state index contributed by atoms with van der Waals surface area (Å²) < 4.78 is 11.2. The van der Waals surface area contributed by atoms with Crippen LogP contribution in [0.1, 0.15) is 23.3 Å². The first-order valence-electron chi connectivity index (χ1n) is 5.86. The molecule has 1 aliphatic heterocycles. The third-order valence-corrected chi connectivity index (χ3v) is 4.25. The van der Waals surface area contributed by atoms with Crippen molar-refractivity contribution in [3.05, 3.63) is 17.8 Å². The van der Waals surface area contributed by atoms with Crippen LogP contribution in [0, 0.1) is 0 Å². The van der Waals surface area contributed by atoms with Gasteiger partial charge < -0.3 is 10.6 Å². The zero-order valence-corrected chi connectivity index (χ0v) is 11.0. The molecule has 1 saturated heterocycles. The normalized spacial score (nSPS) is 23.4. The fourth-order valence-electron chi connectivity index (χ4n) is 1.81. The molecule has 0 bridgehead atoms. The molecule has 2 N–H and O–H groups in total. The lowest BCUT2D eigenvalue weighted by Gasteiger charge is -2.22. The number of hydrogen-bond donors (Lipinski definition) is 2. The topological polar surface area (TPSA) is 84.0 Å². The summed E-state index contributed by atoms with van der Waals surface area (Å²) in [5, 5.41) is 13.5. The molecule has 1 amide bonds. The Labute approximate surface area is 108 Å².